The van der Waals surface area contributed by atoms with Gasteiger partial charge in [0, 0.05) is 24.5 Å². The number of anilines is 1. The number of nitrogens with one attached hydrogen (secondary N) is 1. The van der Waals surface area contributed by atoms with Crippen LogP contribution in [0.1, 0.15) is 29.9 Å². The molecule has 2 rings (SSSR count). The van der Waals surface area contributed by atoms with Crippen LogP contribution in [0.4, 0.5) is 5.69 Å². The first-order valence-corrected chi connectivity index (χ1v) is 7.33. The summed E-state index contributed by atoms with van der Waals surface area (Å²) in [6, 6.07) is 7.04. The summed E-state index contributed by atoms with van der Waals surface area (Å²) < 4.78 is 0. The second-order valence-corrected chi connectivity index (χ2v) is 5.94. The van der Waals surface area contributed by atoms with Crippen LogP contribution in [0.5, 0.6) is 0 Å². The molecule has 0 saturated carbocycles. The van der Waals surface area contributed by atoms with E-state index in [1.165, 1.54) is 0 Å². The Morgan fingerprint density at radius 3 is 2.52 bits per heavy atom. The topological polar surface area (TPSA) is 62.1 Å². The van der Waals surface area contributed by atoms with Crippen LogP contribution in [0.2, 0.25) is 10.0 Å². The van der Waals surface area contributed by atoms with Crippen molar-refractivity contribution >= 4 is 34.8 Å². The summed E-state index contributed by atoms with van der Waals surface area (Å²) in [5.74, 6) is -0.104. The molecule has 0 unspecified atom stereocenters. The standard InChI is InChI=1S/C15H17Cl2N3O/c1-9(2)20(15(21)14-6-11(18)7-19-14)8-10-3-4-12(16)13(17)5-10/h3-7,9,19H,8,18H2,1-2H3. The van der Waals surface area contributed by atoms with E-state index in [2.05, 4.69) is 4.98 Å². The largest absolute Gasteiger partial charge is 0.397 e. The Labute approximate surface area is 133 Å². The molecule has 3 N–H and O–H groups in total. The van der Waals surface area contributed by atoms with Crippen molar-refractivity contribution < 1.29 is 4.79 Å². The summed E-state index contributed by atoms with van der Waals surface area (Å²) in [5.41, 5.74) is 7.58. The van der Waals surface area contributed by atoms with Crippen LogP contribution in [0.3, 0.4) is 0 Å². The maximum absolute atomic E-state index is 12.5. The van der Waals surface area contributed by atoms with Crippen molar-refractivity contribution in [1.82, 2.24) is 9.88 Å². The fourth-order valence-corrected chi connectivity index (χ4v) is 2.33. The number of nitrogen functional groups attached to an aromatic ring is 1. The molecule has 1 aromatic heterocycles. The second kappa shape index (κ2) is 6.41. The van der Waals surface area contributed by atoms with E-state index in [1.54, 1.807) is 29.3 Å². The monoisotopic (exact) mass is 325 g/mol. The summed E-state index contributed by atoms with van der Waals surface area (Å²) in [6.07, 6.45) is 1.60. The molecule has 0 radical (unpaired) electrons. The van der Waals surface area contributed by atoms with Crippen molar-refractivity contribution in [2.45, 2.75) is 26.4 Å². The number of aromatic amines is 1. The quantitative estimate of drug-likeness (QED) is 0.893. The minimum atomic E-state index is -0.104. The van der Waals surface area contributed by atoms with Crippen LogP contribution in [0.15, 0.2) is 30.5 Å². The Morgan fingerprint density at radius 2 is 2.00 bits per heavy atom. The summed E-state index contributed by atoms with van der Waals surface area (Å²) in [6.45, 7) is 4.37. The average Bonchev–Trinajstić information content (AvgIpc) is 2.85. The van der Waals surface area contributed by atoms with E-state index in [9.17, 15) is 4.79 Å². The maximum atomic E-state index is 12.5. The Hall–Kier alpha value is -1.65. The molecule has 1 heterocycles. The van der Waals surface area contributed by atoms with Gasteiger partial charge in [0.15, 0.2) is 0 Å². The lowest BCUT2D eigenvalue weighted by molar-refractivity contribution is 0.0685. The van der Waals surface area contributed by atoms with Crippen LogP contribution >= 0.6 is 23.2 Å². The van der Waals surface area contributed by atoms with E-state index in [0.29, 0.717) is 28.0 Å². The third kappa shape index (κ3) is 3.71. The van der Waals surface area contributed by atoms with Crippen molar-refractivity contribution in [3.63, 3.8) is 0 Å². The molecule has 6 heteroatoms. The number of carbonyl (C=O) groups excluding carboxylic acids is 1. The molecule has 0 saturated heterocycles. The number of aromatic nitrogens is 1. The number of carbonyl (C=O) groups is 1. The lowest BCUT2D eigenvalue weighted by Gasteiger charge is -2.26. The lowest BCUT2D eigenvalue weighted by Crippen LogP contribution is -2.36. The van der Waals surface area contributed by atoms with Crippen molar-refractivity contribution in [2.24, 2.45) is 0 Å². The molecule has 0 bridgehead atoms. The smallest absolute Gasteiger partial charge is 0.270 e. The molecule has 0 atom stereocenters. The molecule has 1 amide bonds. The van der Waals surface area contributed by atoms with Crippen LogP contribution in [-0.4, -0.2) is 21.8 Å². The van der Waals surface area contributed by atoms with Gasteiger partial charge in [0.1, 0.15) is 5.69 Å². The molecular weight excluding hydrogens is 309 g/mol. The van der Waals surface area contributed by atoms with Crippen LogP contribution in [-0.2, 0) is 6.54 Å². The molecule has 112 valence electrons. The molecule has 0 fully saturated rings. The Kier molecular flexibility index (Phi) is 4.80. The highest BCUT2D eigenvalue weighted by Crippen LogP contribution is 2.24. The summed E-state index contributed by atoms with van der Waals surface area (Å²) in [4.78, 5) is 17.2. The number of amides is 1. The molecule has 0 aliphatic carbocycles. The average molecular weight is 326 g/mol. The fourth-order valence-electron chi connectivity index (χ4n) is 2.01. The molecule has 1 aromatic carbocycles. The Balaban J connectivity index is 2.23. The van der Waals surface area contributed by atoms with E-state index in [4.69, 9.17) is 28.9 Å². The first kappa shape index (κ1) is 15.7. The van der Waals surface area contributed by atoms with Crippen molar-refractivity contribution in [2.75, 3.05) is 5.73 Å². The van der Waals surface area contributed by atoms with E-state index in [0.717, 1.165) is 5.56 Å². The molecular formula is C15H17Cl2N3O. The maximum Gasteiger partial charge on any atom is 0.270 e. The highest BCUT2D eigenvalue weighted by atomic mass is 35.5. The Bertz CT molecular complexity index is 652. The highest BCUT2D eigenvalue weighted by molar-refractivity contribution is 6.42. The molecule has 0 aliphatic heterocycles. The number of nitrogens with two attached hydrogens (primary N) is 1. The van der Waals surface area contributed by atoms with E-state index >= 15 is 0 Å². The Morgan fingerprint density at radius 1 is 1.29 bits per heavy atom. The zero-order chi connectivity index (χ0) is 15.6. The normalized spacial score (nSPS) is 10.9. The number of halogens is 2. The van der Waals surface area contributed by atoms with Gasteiger partial charge < -0.3 is 15.6 Å². The molecule has 4 nitrogen and oxygen atoms in total. The third-order valence-electron chi connectivity index (χ3n) is 3.16. The third-order valence-corrected chi connectivity index (χ3v) is 3.90. The number of benzene rings is 1. The van der Waals surface area contributed by atoms with E-state index in [1.807, 2.05) is 19.9 Å². The molecule has 2 aromatic rings. The first-order chi connectivity index (χ1) is 9.88. The zero-order valence-corrected chi connectivity index (χ0v) is 13.4. The number of rotatable bonds is 4. The fraction of sp³-hybridized carbons (Fsp3) is 0.267. The number of hydrogen-bond donors (Lipinski definition) is 2. The summed E-state index contributed by atoms with van der Waals surface area (Å²) in [5, 5.41) is 0.981. The summed E-state index contributed by atoms with van der Waals surface area (Å²) >= 11 is 11.9. The van der Waals surface area contributed by atoms with Crippen molar-refractivity contribution in [1.29, 1.82) is 0 Å². The van der Waals surface area contributed by atoms with Gasteiger partial charge in [0.25, 0.3) is 5.91 Å². The van der Waals surface area contributed by atoms with Crippen molar-refractivity contribution in [3.8, 4) is 0 Å². The predicted molar refractivity (Wildman–Crippen MR) is 86.7 cm³/mol. The first-order valence-electron chi connectivity index (χ1n) is 6.57. The number of H-pyrrole nitrogens is 1. The van der Waals surface area contributed by atoms with Gasteiger partial charge in [-0.3, -0.25) is 4.79 Å². The van der Waals surface area contributed by atoms with Gasteiger partial charge in [0.2, 0.25) is 0 Å². The van der Waals surface area contributed by atoms with Crippen molar-refractivity contribution in [3.05, 3.63) is 51.8 Å². The van der Waals surface area contributed by atoms with Gasteiger partial charge in [-0.2, -0.15) is 0 Å². The predicted octanol–water partition coefficient (Wildman–Crippen LogP) is 3.95. The molecule has 0 aliphatic rings. The van der Waals surface area contributed by atoms with Crippen LogP contribution in [0.25, 0.3) is 0 Å². The van der Waals surface area contributed by atoms with Gasteiger partial charge in [-0.25, -0.2) is 0 Å². The minimum Gasteiger partial charge on any atom is -0.397 e. The molecule has 21 heavy (non-hydrogen) atoms. The van der Waals surface area contributed by atoms with Gasteiger partial charge in [-0.15, -0.1) is 0 Å². The van der Waals surface area contributed by atoms with Gasteiger partial charge >= 0.3 is 0 Å². The van der Waals surface area contributed by atoms with Gasteiger partial charge in [-0.1, -0.05) is 29.3 Å². The van der Waals surface area contributed by atoms with E-state index in [-0.39, 0.29) is 11.9 Å². The van der Waals surface area contributed by atoms with Crippen LogP contribution < -0.4 is 5.73 Å². The van der Waals surface area contributed by atoms with Gasteiger partial charge in [-0.05, 0) is 37.6 Å². The SMILES string of the molecule is CC(C)N(Cc1ccc(Cl)c(Cl)c1)C(=O)c1cc(N)c[nH]1. The number of nitrogens with zero attached hydrogens (tertiary/aromatic N) is 1. The second-order valence-electron chi connectivity index (χ2n) is 5.12. The zero-order valence-electron chi connectivity index (χ0n) is 11.9. The van der Waals surface area contributed by atoms with E-state index < -0.39 is 0 Å². The lowest BCUT2D eigenvalue weighted by atomic mass is 10.1. The molecule has 0 spiro atoms. The summed E-state index contributed by atoms with van der Waals surface area (Å²) in [7, 11) is 0. The number of hydrogen-bond acceptors (Lipinski definition) is 2. The minimum absolute atomic E-state index is 0.0384. The van der Waals surface area contributed by atoms with Crippen LogP contribution in [0, 0.1) is 0 Å². The van der Waals surface area contributed by atoms with Gasteiger partial charge in [0.05, 0.1) is 10.0 Å². The highest BCUT2D eigenvalue weighted by Gasteiger charge is 2.20.